The normalized spacial score (nSPS) is 22.6. The van der Waals surface area contributed by atoms with Crippen molar-refractivity contribution in [2.45, 2.75) is 38.3 Å². The summed E-state index contributed by atoms with van der Waals surface area (Å²) in [6.07, 6.45) is 5.16. The number of benzene rings is 1. The van der Waals surface area contributed by atoms with Crippen molar-refractivity contribution in [1.82, 2.24) is 10.2 Å². The molecule has 3 nitrogen and oxygen atoms in total. The predicted molar refractivity (Wildman–Crippen MR) is 85.6 cm³/mol. The third-order valence-electron chi connectivity index (χ3n) is 4.38. The van der Waals surface area contributed by atoms with Crippen molar-refractivity contribution in [2.75, 3.05) is 26.7 Å². The molecule has 112 valence electrons. The van der Waals surface area contributed by atoms with Gasteiger partial charge in [0, 0.05) is 12.6 Å². The molecule has 0 radical (unpaired) electrons. The number of hydrogen-bond acceptors (Lipinski definition) is 3. The summed E-state index contributed by atoms with van der Waals surface area (Å²) in [7, 11) is 2.20. The first-order valence-corrected chi connectivity index (χ1v) is 7.95. The Kier molecular flexibility index (Phi) is 6.51. The maximum absolute atomic E-state index is 5.81. The van der Waals surface area contributed by atoms with E-state index in [4.69, 9.17) is 5.73 Å². The van der Waals surface area contributed by atoms with E-state index in [1.165, 1.54) is 31.2 Å². The van der Waals surface area contributed by atoms with E-state index in [0.717, 1.165) is 26.2 Å². The highest BCUT2D eigenvalue weighted by Crippen LogP contribution is 2.24. The maximum Gasteiger partial charge on any atom is 0.0230 e. The monoisotopic (exact) mass is 275 g/mol. The van der Waals surface area contributed by atoms with Crippen LogP contribution in [0.3, 0.4) is 0 Å². The van der Waals surface area contributed by atoms with Gasteiger partial charge in [0.25, 0.3) is 0 Å². The Morgan fingerprint density at radius 2 is 2.05 bits per heavy atom. The molecule has 1 aromatic carbocycles. The van der Waals surface area contributed by atoms with Crippen molar-refractivity contribution >= 4 is 0 Å². The SMILES string of the molecule is CN(CCCNC1CCCC1CN)Cc1ccccc1. The summed E-state index contributed by atoms with van der Waals surface area (Å²) in [4.78, 5) is 2.39. The predicted octanol–water partition coefficient (Wildman–Crippen LogP) is 2.23. The van der Waals surface area contributed by atoms with Crippen molar-refractivity contribution in [3.8, 4) is 0 Å². The Morgan fingerprint density at radius 1 is 1.25 bits per heavy atom. The Hall–Kier alpha value is -0.900. The molecule has 0 heterocycles. The van der Waals surface area contributed by atoms with Crippen LogP contribution >= 0.6 is 0 Å². The van der Waals surface area contributed by atoms with E-state index in [1.54, 1.807) is 0 Å². The van der Waals surface area contributed by atoms with Crippen molar-refractivity contribution in [3.63, 3.8) is 0 Å². The molecule has 1 aliphatic rings. The minimum Gasteiger partial charge on any atom is -0.330 e. The molecule has 3 heteroatoms. The third-order valence-corrected chi connectivity index (χ3v) is 4.38. The zero-order valence-corrected chi connectivity index (χ0v) is 12.7. The van der Waals surface area contributed by atoms with Gasteiger partial charge in [0.2, 0.25) is 0 Å². The average Bonchev–Trinajstić information content (AvgIpc) is 2.92. The molecular weight excluding hydrogens is 246 g/mol. The fraction of sp³-hybridized carbons (Fsp3) is 0.647. The summed E-state index contributed by atoms with van der Waals surface area (Å²) in [5.41, 5.74) is 7.21. The fourth-order valence-corrected chi connectivity index (χ4v) is 3.20. The molecular formula is C17H29N3. The van der Waals surface area contributed by atoms with E-state index in [1.807, 2.05) is 0 Å². The second kappa shape index (κ2) is 8.40. The van der Waals surface area contributed by atoms with Gasteiger partial charge in [-0.05, 0) is 57.4 Å². The summed E-state index contributed by atoms with van der Waals surface area (Å²) >= 11 is 0. The lowest BCUT2D eigenvalue weighted by Gasteiger charge is -2.21. The van der Waals surface area contributed by atoms with E-state index in [9.17, 15) is 0 Å². The lowest BCUT2D eigenvalue weighted by atomic mass is 10.0. The van der Waals surface area contributed by atoms with Crippen molar-refractivity contribution in [2.24, 2.45) is 11.7 Å². The minimum atomic E-state index is 0.666. The van der Waals surface area contributed by atoms with E-state index in [0.29, 0.717) is 12.0 Å². The first-order valence-electron chi connectivity index (χ1n) is 7.95. The number of hydrogen-bond donors (Lipinski definition) is 2. The van der Waals surface area contributed by atoms with Crippen LogP contribution < -0.4 is 11.1 Å². The second-order valence-corrected chi connectivity index (χ2v) is 6.06. The lowest BCUT2D eigenvalue weighted by molar-refractivity contribution is 0.311. The van der Waals surface area contributed by atoms with Gasteiger partial charge in [-0.15, -0.1) is 0 Å². The van der Waals surface area contributed by atoms with Crippen LogP contribution in [-0.2, 0) is 6.54 Å². The van der Waals surface area contributed by atoms with Gasteiger partial charge in [0.05, 0.1) is 0 Å². The highest BCUT2D eigenvalue weighted by Gasteiger charge is 2.24. The van der Waals surface area contributed by atoms with E-state index in [-0.39, 0.29) is 0 Å². The highest BCUT2D eigenvalue weighted by molar-refractivity contribution is 5.14. The Balaban J connectivity index is 1.59. The van der Waals surface area contributed by atoms with Gasteiger partial charge in [-0.1, -0.05) is 36.8 Å². The van der Waals surface area contributed by atoms with Crippen molar-refractivity contribution in [3.05, 3.63) is 35.9 Å². The molecule has 1 aliphatic carbocycles. The quantitative estimate of drug-likeness (QED) is 0.715. The highest BCUT2D eigenvalue weighted by atomic mass is 15.1. The van der Waals surface area contributed by atoms with Gasteiger partial charge in [-0.3, -0.25) is 0 Å². The van der Waals surface area contributed by atoms with Crippen molar-refractivity contribution in [1.29, 1.82) is 0 Å². The lowest BCUT2D eigenvalue weighted by Crippen LogP contribution is -2.37. The summed E-state index contributed by atoms with van der Waals surface area (Å²) in [6, 6.07) is 11.3. The Labute approximate surface area is 123 Å². The first kappa shape index (κ1) is 15.5. The Bertz CT molecular complexity index is 366. The van der Waals surface area contributed by atoms with Gasteiger partial charge in [0.15, 0.2) is 0 Å². The van der Waals surface area contributed by atoms with Gasteiger partial charge in [0.1, 0.15) is 0 Å². The Morgan fingerprint density at radius 3 is 2.80 bits per heavy atom. The zero-order valence-electron chi connectivity index (χ0n) is 12.7. The van der Waals surface area contributed by atoms with Crippen LogP contribution in [0.15, 0.2) is 30.3 Å². The number of rotatable bonds is 8. The van der Waals surface area contributed by atoms with E-state index in [2.05, 4.69) is 47.6 Å². The van der Waals surface area contributed by atoms with Crippen LogP contribution in [0.1, 0.15) is 31.2 Å². The molecule has 0 amide bonds. The molecule has 3 N–H and O–H groups in total. The van der Waals surface area contributed by atoms with Gasteiger partial charge < -0.3 is 16.0 Å². The van der Waals surface area contributed by atoms with Crippen LogP contribution in [0.25, 0.3) is 0 Å². The summed E-state index contributed by atoms with van der Waals surface area (Å²) in [5.74, 6) is 0.706. The smallest absolute Gasteiger partial charge is 0.0230 e. The molecule has 2 rings (SSSR count). The fourth-order valence-electron chi connectivity index (χ4n) is 3.20. The molecule has 20 heavy (non-hydrogen) atoms. The molecule has 0 spiro atoms. The third kappa shape index (κ3) is 4.89. The zero-order chi connectivity index (χ0) is 14.2. The largest absolute Gasteiger partial charge is 0.330 e. The topological polar surface area (TPSA) is 41.3 Å². The number of nitrogens with zero attached hydrogens (tertiary/aromatic N) is 1. The molecule has 2 atom stereocenters. The second-order valence-electron chi connectivity index (χ2n) is 6.06. The van der Waals surface area contributed by atoms with Crippen LogP contribution in [0.5, 0.6) is 0 Å². The van der Waals surface area contributed by atoms with Gasteiger partial charge in [-0.2, -0.15) is 0 Å². The summed E-state index contributed by atoms with van der Waals surface area (Å²) in [6.45, 7) is 4.13. The van der Waals surface area contributed by atoms with Gasteiger partial charge in [-0.25, -0.2) is 0 Å². The average molecular weight is 275 g/mol. The van der Waals surface area contributed by atoms with Crippen molar-refractivity contribution < 1.29 is 0 Å². The van der Waals surface area contributed by atoms with Crippen LogP contribution in [0.4, 0.5) is 0 Å². The standard InChI is InChI=1S/C17H29N3/c1-20(14-15-7-3-2-4-8-15)12-6-11-19-17-10-5-9-16(17)13-18/h2-4,7-8,16-17,19H,5-6,9-14,18H2,1H3. The molecule has 1 fully saturated rings. The van der Waals surface area contributed by atoms with Crippen LogP contribution in [0, 0.1) is 5.92 Å². The molecule has 2 unspecified atom stereocenters. The molecule has 0 aromatic heterocycles. The van der Waals surface area contributed by atoms with E-state index >= 15 is 0 Å². The number of nitrogens with two attached hydrogens (primary N) is 1. The minimum absolute atomic E-state index is 0.666. The van der Waals surface area contributed by atoms with Crippen LogP contribution in [0.2, 0.25) is 0 Å². The maximum atomic E-state index is 5.81. The molecule has 1 aromatic rings. The van der Waals surface area contributed by atoms with E-state index < -0.39 is 0 Å². The number of nitrogens with one attached hydrogen (secondary N) is 1. The summed E-state index contributed by atoms with van der Waals surface area (Å²) < 4.78 is 0. The molecule has 1 saturated carbocycles. The first-order chi connectivity index (χ1) is 9.79. The summed E-state index contributed by atoms with van der Waals surface area (Å²) in [5, 5.41) is 3.70. The van der Waals surface area contributed by atoms with Gasteiger partial charge >= 0.3 is 0 Å². The van der Waals surface area contributed by atoms with Crippen LogP contribution in [-0.4, -0.2) is 37.6 Å². The molecule has 0 bridgehead atoms. The molecule has 0 aliphatic heterocycles. The molecule has 0 saturated heterocycles.